The number of nitrogens with one attached hydrogen (secondary N) is 1. The van der Waals surface area contributed by atoms with Crippen LogP contribution < -0.4 is 5.32 Å². The minimum atomic E-state index is -3.17. The summed E-state index contributed by atoms with van der Waals surface area (Å²) in [5.41, 5.74) is 0. The number of aliphatic carboxylic acids is 1. The molecule has 2 N–H and O–H groups in total. The molecule has 1 rings (SSSR count). The fourth-order valence-electron chi connectivity index (χ4n) is 2.59. The Labute approximate surface area is 125 Å². The van der Waals surface area contributed by atoms with E-state index in [1.807, 2.05) is 20.8 Å². The predicted molar refractivity (Wildman–Crippen MR) is 78.8 cm³/mol. The van der Waals surface area contributed by atoms with Gasteiger partial charge in [-0.15, -0.1) is 0 Å². The fourth-order valence-corrected chi connectivity index (χ4v) is 4.32. The minimum Gasteiger partial charge on any atom is -0.480 e. The number of carboxylic acids is 1. The van der Waals surface area contributed by atoms with E-state index < -0.39 is 34.4 Å². The smallest absolute Gasteiger partial charge is 0.323 e. The quantitative estimate of drug-likeness (QED) is 0.750. The van der Waals surface area contributed by atoms with Crippen molar-refractivity contribution in [2.24, 2.45) is 5.92 Å². The van der Waals surface area contributed by atoms with E-state index in [0.29, 0.717) is 12.3 Å². The van der Waals surface area contributed by atoms with Crippen LogP contribution in [-0.4, -0.2) is 60.6 Å². The lowest BCUT2D eigenvalue weighted by atomic mass is 10.1. The van der Waals surface area contributed by atoms with Crippen LogP contribution in [0, 0.1) is 5.92 Å². The van der Waals surface area contributed by atoms with Crippen molar-refractivity contribution in [2.75, 3.05) is 18.1 Å². The molecule has 21 heavy (non-hydrogen) atoms. The first kappa shape index (κ1) is 17.7. The summed E-state index contributed by atoms with van der Waals surface area (Å²) in [4.78, 5) is 24.3. The Bertz CT molecular complexity index is 489. The van der Waals surface area contributed by atoms with Gasteiger partial charge in [-0.2, -0.15) is 0 Å². The number of rotatable bonds is 6. The molecule has 1 heterocycles. The maximum atomic E-state index is 12.2. The van der Waals surface area contributed by atoms with Crippen LogP contribution >= 0.6 is 0 Å². The number of carboxylic acid groups (broad SMARTS) is 1. The van der Waals surface area contributed by atoms with Gasteiger partial charge in [0.1, 0.15) is 6.54 Å². The second-order valence-corrected chi connectivity index (χ2v) is 8.29. The third-order valence-corrected chi connectivity index (χ3v) is 5.16. The van der Waals surface area contributed by atoms with Gasteiger partial charge in [0.2, 0.25) is 0 Å². The molecule has 8 heteroatoms. The maximum absolute atomic E-state index is 12.2. The maximum Gasteiger partial charge on any atom is 0.323 e. The van der Waals surface area contributed by atoms with Gasteiger partial charge in [-0.3, -0.25) is 4.79 Å². The number of urea groups is 1. The summed E-state index contributed by atoms with van der Waals surface area (Å²) in [5.74, 6) is -0.902. The van der Waals surface area contributed by atoms with E-state index in [9.17, 15) is 18.0 Å². The molecule has 0 aromatic heterocycles. The summed E-state index contributed by atoms with van der Waals surface area (Å²) >= 11 is 0. The summed E-state index contributed by atoms with van der Waals surface area (Å²) in [5, 5.41) is 11.7. The van der Waals surface area contributed by atoms with Crippen LogP contribution in [-0.2, 0) is 14.6 Å². The monoisotopic (exact) mass is 320 g/mol. The molecule has 0 bridgehead atoms. The molecule has 1 aliphatic heterocycles. The van der Waals surface area contributed by atoms with Crippen molar-refractivity contribution in [2.45, 2.75) is 45.7 Å². The van der Waals surface area contributed by atoms with E-state index >= 15 is 0 Å². The number of hydrogen-bond donors (Lipinski definition) is 2. The Morgan fingerprint density at radius 3 is 2.38 bits per heavy atom. The predicted octanol–water partition coefficient (Wildman–Crippen LogP) is 0.704. The van der Waals surface area contributed by atoms with E-state index in [4.69, 9.17) is 5.11 Å². The average molecular weight is 320 g/mol. The lowest BCUT2D eigenvalue weighted by molar-refractivity contribution is -0.138. The Morgan fingerprint density at radius 2 is 1.95 bits per heavy atom. The molecular weight excluding hydrogens is 296 g/mol. The van der Waals surface area contributed by atoms with Crippen LogP contribution in [0.1, 0.15) is 33.6 Å². The van der Waals surface area contributed by atoms with Crippen molar-refractivity contribution in [1.82, 2.24) is 10.2 Å². The molecule has 1 saturated heterocycles. The van der Waals surface area contributed by atoms with Crippen molar-refractivity contribution in [3.8, 4) is 0 Å². The number of carbonyl (C=O) groups excluding carboxylic acids is 1. The second kappa shape index (κ2) is 7.11. The van der Waals surface area contributed by atoms with Gasteiger partial charge in [-0.05, 0) is 25.7 Å². The van der Waals surface area contributed by atoms with E-state index in [-0.39, 0.29) is 17.5 Å². The first-order valence-corrected chi connectivity index (χ1v) is 8.92. The van der Waals surface area contributed by atoms with Gasteiger partial charge in [0.05, 0.1) is 11.5 Å². The minimum absolute atomic E-state index is 0.00259. The van der Waals surface area contributed by atoms with Gasteiger partial charge in [0.25, 0.3) is 0 Å². The van der Waals surface area contributed by atoms with Crippen molar-refractivity contribution in [3.05, 3.63) is 0 Å². The van der Waals surface area contributed by atoms with E-state index in [0.717, 1.165) is 11.3 Å². The molecule has 0 saturated carbocycles. The molecule has 0 radical (unpaired) electrons. The molecule has 0 spiro atoms. The lowest BCUT2D eigenvalue weighted by Crippen LogP contribution is -2.51. The van der Waals surface area contributed by atoms with Crippen LogP contribution in [0.25, 0.3) is 0 Å². The summed E-state index contributed by atoms with van der Waals surface area (Å²) in [7, 11) is -3.17. The molecule has 2 atom stereocenters. The van der Waals surface area contributed by atoms with Crippen LogP contribution in [0.2, 0.25) is 0 Å². The Balaban J connectivity index is 2.73. The van der Waals surface area contributed by atoms with Crippen LogP contribution in [0.3, 0.4) is 0 Å². The van der Waals surface area contributed by atoms with Gasteiger partial charge >= 0.3 is 12.0 Å². The second-order valence-electron chi connectivity index (χ2n) is 6.06. The summed E-state index contributed by atoms with van der Waals surface area (Å²) in [6.45, 7) is 5.42. The third kappa shape index (κ3) is 5.91. The number of amides is 2. The standard InChI is InChI=1S/C13H24N2O5S/c1-9(2)6-10(3)14-13(18)15(7-12(16)17)11-4-5-21(19,20)8-11/h9-11H,4-8H2,1-3H3,(H,14,18)(H,16,17). The van der Waals surface area contributed by atoms with Gasteiger partial charge in [0.15, 0.2) is 9.84 Å². The molecule has 1 aliphatic rings. The largest absolute Gasteiger partial charge is 0.480 e. The zero-order valence-electron chi connectivity index (χ0n) is 12.7. The zero-order chi connectivity index (χ0) is 16.2. The zero-order valence-corrected chi connectivity index (χ0v) is 13.5. The first-order valence-electron chi connectivity index (χ1n) is 7.10. The highest BCUT2D eigenvalue weighted by molar-refractivity contribution is 7.91. The number of hydrogen-bond acceptors (Lipinski definition) is 4. The number of sulfone groups is 1. The topological polar surface area (TPSA) is 104 Å². The molecule has 2 amide bonds. The van der Waals surface area contributed by atoms with E-state index in [1.54, 1.807) is 0 Å². The number of nitrogens with zero attached hydrogens (tertiary/aromatic N) is 1. The molecule has 0 aromatic carbocycles. The lowest BCUT2D eigenvalue weighted by Gasteiger charge is -2.28. The average Bonchev–Trinajstić information content (AvgIpc) is 2.64. The first-order chi connectivity index (χ1) is 9.60. The SMILES string of the molecule is CC(C)CC(C)NC(=O)N(CC(=O)O)C1CCS(=O)(=O)C1. The fraction of sp³-hybridized carbons (Fsp3) is 0.846. The highest BCUT2D eigenvalue weighted by Gasteiger charge is 2.35. The number of carbonyl (C=O) groups is 2. The Kier molecular flexibility index (Phi) is 6.00. The van der Waals surface area contributed by atoms with Gasteiger partial charge in [0, 0.05) is 12.1 Å². The van der Waals surface area contributed by atoms with Crippen molar-refractivity contribution >= 4 is 21.8 Å². The van der Waals surface area contributed by atoms with Gasteiger partial charge in [-0.1, -0.05) is 13.8 Å². The molecule has 122 valence electrons. The molecular formula is C13H24N2O5S. The molecule has 0 aliphatic carbocycles. The van der Waals surface area contributed by atoms with Gasteiger partial charge in [-0.25, -0.2) is 13.2 Å². The van der Waals surface area contributed by atoms with Crippen LogP contribution in [0.15, 0.2) is 0 Å². The normalized spacial score (nSPS) is 22.0. The van der Waals surface area contributed by atoms with E-state index in [2.05, 4.69) is 5.32 Å². The molecule has 0 aromatic rings. The third-order valence-electron chi connectivity index (χ3n) is 3.41. The Hall–Kier alpha value is -1.31. The highest BCUT2D eigenvalue weighted by atomic mass is 32.2. The molecule has 2 unspecified atom stereocenters. The van der Waals surface area contributed by atoms with Crippen LogP contribution in [0.4, 0.5) is 4.79 Å². The Morgan fingerprint density at radius 1 is 1.33 bits per heavy atom. The summed E-state index contributed by atoms with van der Waals surface area (Å²) < 4.78 is 23.0. The van der Waals surface area contributed by atoms with Crippen molar-refractivity contribution in [1.29, 1.82) is 0 Å². The van der Waals surface area contributed by atoms with Crippen LogP contribution in [0.5, 0.6) is 0 Å². The van der Waals surface area contributed by atoms with Crippen molar-refractivity contribution in [3.63, 3.8) is 0 Å². The summed E-state index contributed by atoms with van der Waals surface area (Å²) in [6, 6.07) is -1.16. The summed E-state index contributed by atoms with van der Waals surface area (Å²) in [6.07, 6.45) is 1.07. The highest BCUT2D eigenvalue weighted by Crippen LogP contribution is 2.18. The van der Waals surface area contributed by atoms with E-state index in [1.165, 1.54) is 0 Å². The van der Waals surface area contributed by atoms with Crippen molar-refractivity contribution < 1.29 is 23.1 Å². The molecule has 1 fully saturated rings. The molecule has 7 nitrogen and oxygen atoms in total. The van der Waals surface area contributed by atoms with Gasteiger partial charge < -0.3 is 15.3 Å².